The van der Waals surface area contributed by atoms with Crippen molar-refractivity contribution in [2.45, 2.75) is 13.1 Å². The van der Waals surface area contributed by atoms with E-state index in [9.17, 15) is 9.90 Å². The fraction of sp³-hybridized carbons (Fsp3) is 0.200. The van der Waals surface area contributed by atoms with Crippen LogP contribution in [-0.2, 0) is 17.8 Å². The van der Waals surface area contributed by atoms with Crippen LogP contribution >= 0.6 is 11.6 Å². The molecule has 0 unspecified atom stereocenters. The van der Waals surface area contributed by atoms with Gasteiger partial charge in [0.05, 0.1) is 7.11 Å². The Hall–Kier alpha value is -2.63. The van der Waals surface area contributed by atoms with Gasteiger partial charge in [0.2, 0.25) is 0 Å². The number of methoxy groups -OCH3 is 1. The van der Waals surface area contributed by atoms with Crippen molar-refractivity contribution in [3.8, 4) is 5.75 Å². The number of ether oxygens (including phenoxy) is 1. The third-order valence-electron chi connectivity index (χ3n) is 4.20. The van der Waals surface area contributed by atoms with E-state index in [4.69, 9.17) is 16.3 Å². The molecule has 1 heterocycles. The van der Waals surface area contributed by atoms with Crippen LogP contribution in [0.4, 0.5) is 0 Å². The van der Waals surface area contributed by atoms with E-state index in [2.05, 4.69) is 4.98 Å². The molecule has 0 aliphatic carbocycles. The number of nitrogens with zero attached hydrogens (tertiary/aromatic N) is 2. The zero-order chi connectivity index (χ0) is 18.7. The first-order chi connectivity index (χ1) is 12.5. The lowest BCUT2D eigenvalue weighted by Crippen LogP contribution is -2.18. The summed E-state index contributed by atoms with van der Waals surface area (Å²) >= 11 is 5.82. The maximum Gasteiger partial charge on any atom is 0.341 e. The lowest BCUT2D eigenvalue weighted by Gasteiger charge is -2.20. The van der Waals surface area contributed by atoms with Crippen molar-refractivity contribution in [3.63, 3.8) is 0 Å². The van der Waals surface area contributed by atoms with Crippen LogP contribution in [0.3, 0.4) is 0 Å². The standard InChI is InChI=1S/C20H19ClN2O3/c1-23(11-13-7-8-18(21)22-10-13)12-17-15-6-4-3-5-14(15)9-16(19(17)24)20(25)26-2/h3-10,24H,11-12H2,1-2H3. The van der Waals surface area contributed by atoms with Gasteiger partial charge in [0.1, 0.15) is 16.5 Å². The topological polar surface area (TPSA) is 62.7 Å². The number of rotatable bonds is 5. The molecule has 0 bridgehead atoms. The van der Waals surface area contributed by atoms with Gasteiger partial charge in [-0.1, -0.05) is 41.9 Å². The number of phenols is 1. The predicted octanol–water partition coefficient (Wildman–Crippen LogP) is 4.01. The minimum absolute atomic E-state index is 0.0448. The van der Waals surface area contributed by atoms with Crippen molar-refractivity contribution in [1.82, 2.24) is 9.88 Å². The Kier molecular flexibility index (Phi) is 5.40. The summed E-state index contributed by atoms with van der Waals surface area (Å²) in [6.07, 6.45) is 1.72. The molecule has 3 aromatic rings. The molecule has 1 N–H and O–H groups in total. The van der Waals surface area contributed by atoms with Crippen molar-refractivity contribution in [2.75, 3.05) is 14.2 Å². The molecule has 0 aliphatic heterocycles. The van der Waals surface area contributed by atoms with Crippen molar-refractivity contribution < 1.29 is 14.6 Å². The van der Waals surface area contributed by atoms with Gasteiger partial charge < -0.3 is 9.84 Å². The number of carbonyl (C=O) groups excluding carboxylic acids is 1. The van der Waals surface area contributed by atoms with E-state index in [1.807, 2.05) is 42.3 Å². The third-order valence-corrected chi connectivity index (χ3v) is 4.42. The van der Waals surface area contributed by atoms with Crippen LogP contribution < -0.4 is 0 Å². The number of aromatic hydroxyl groups is 1. The minimum atomic E-state index is -0.556. The second-order valence-corrected chi connectivity index (χ2v) is 6.51. The summed E-state index contributed by atoms with van der Waals surface area (Å²) in [7, 11) is 3.24. The SMILES string of the molecule is COC(=O)c1cc2ccccc2c(CN(C)Cc2ccc(Cl)nc2)c1O. The fourth-order valence-corrected chi connectivity index (χ4v) is 3.09. The van der Waals surface area contributed by atoms with Crippen LogP contribution in [0.15, 0.2) is 48.7 Å². The molecule has 0 saturated carbocycles. The number of phenolic OH excluding ortho intramolecular Hbond substituents is 1. The summed E-state index contributed by atoms with van der Waals surface area (Å²) in [4.78, 5) is 18.1. The largest absolute Gasteiger partial charge is 0.507 e. The zero-order valence-electron chi connectivity index (χ0n) is 14.6. The number of fused-ring (bicyclic) bond motifs is 1. The minimum Gasteiger partial charge on any atom is -0.507 e. The Labute approximate surface area is 156 Å². The van der Waals surface area contributed by atoms with Gasteiger partial charge in [-0.25, -0.2) is 9.78 Å². The molecule has 5 nitrogen and oxygen atoms in total. The molecule has 134 valence electrons. The second kappa shape index (κ2) is 7.72. The van der Waals surface area contributed by atoms with Gasteiger partial charge in [0.25, 0.3) is 0 Å². The Morgan fingerprint density at radius 1 is 1.23 bits per heavy atom. The van der Waals surface area contributed by atoms with Crippen LogP contribution in [0, 0.1) is 0 Å². The quantitative estimate of drug-likeness (QED) is 0.543. The first-order valence-electron chi connectivity index (χ1n) is 8.10. The normalized spacial score (nSPS) is 11.1. The summed E-state index contributed by atoms with van der Waals surface area (Å²) < 4.78 is 4.80. The Bertz CT molecular complexity index is 942. The predicted molar refractivity (Wildman–Crippen MR) is 101 cm³/mol. The summed E-state index contributed by atoms with van der Waals surface area (Å²) in [6.45, 7) is 1.08. The van der Waals surface area contributed by atoms with Crippen molar-refractivity contribution in [3.05, 3.63) is 70.5 Å². The van der Waals surface area contributed by atoms with E-state index < -0.39 is 5.97 Å². The molecule has 0 atom stereocenters. The molecule has 26 heavy (non-hydrogen) atoms. The average molecular weight is 371 g/mol. The summed E-state index contributed by atoms with van der Waals surface area (Å²) in [6, 6.07) is 13.0. The average Bonchev–Trinajstić information content (AvgIpc) is 2.65. The highest BCUT2D eigenvalue weighted by molar-refractivity contribution is 6.29. The molecule has 1 aromatic heterocycles. The molecular formula is C20H19ClN2O3. The fourth-order valence-electron chi connectivity index (χ4n) is 2.97. The van der Waals surface area contributed by atoms with Gasteiger partial charge >= 0.3 is 5.97 Å². The zero-order valence-corrected chi connectivity index (χ0v) is 15.3. The molecule has 0 fully saturated rings. The number of esters is 1. The number of benzene rings is 2. The van der Waals surface area contributed by atoms with Gasteiger partial charge in [-0.3, -0.25) is 4.90 Å². The first-order valence-corrected chi connectivity index (χ1v) is 8.48. The van der Waals surface area contributed by atoms with Crippen molar-refractivity contribution in [1.29, 1.82) is 0 Å². The molecule has 0 aliphatic rings. The highest BCUT2D eigenvalue weighted by Crippen LogP contribution is 2.33. The van der Waals surface area contributed by atoms with E-state index in [0.29, 0.717) is 23.8 Å². The molecule has 2 aromatic carbocycles. The van der Waals surface area contributed by atoms with Crippen LogP contribution in [0.5, 0.6) is 5.75 Å². The van der Waals surface area contributed by atoms with Crippen LogP contribution in [0.2, 0.25) is 5.15 Å². The monoisotopic (exact) mass is 370 g/mol. The van der Waals surface area contributed by atoms with E-state index in [0.717, 1.165) is 16.3 Å². The van der Waals surface area contributed by atoms with E-state index in [-0.39, 0.29) is 11.3 Å². The summed E-state index contributed by atoms with van der Waals surface area (Å²) in [5.41, 5.74) is 1.86. The number of carbonyl (C=O) groups is 1. The summed E-state index contributed by atoms with van der Waals surface area (Å²) in [5.74, 6) is -0.601. The van der Waals surface area contributed by atoms with Gasteiger partial charge in [-0.05, 0) is 35.5 Å². The molecular weight excluding hydrogens is 352 g/mol. The second-order valence-electron chi connectivity index (χ2n) is 6.13. The molecule has 0 saturated heterocycles. The van der Waals surface area contributed by atoms with Crippen LogP contribution in [0.1, 0.15) is 21.5 Å². The molecule has 0 radical (unpaired) electrons. The third kappa shape index (κ3) is 3.79. The van der Waals surface area contributed by atoms with Gasteiger partial charge in [-0.2, -0.15) is 0 Å². The Morgan fingerprint density at radius 3 is 2.69 bits per heavy atom. The van der Waals surface area contributed by atoms with Gasteiger partial charge in [0, 0.05) is 24.8 Å². The lowest BCUT2D eigenvalue weighted by atomic mass is 9.98. The highest BCUT2D eigenvalue weighted by Gasteiger charge is 2.19. The van der Waals surface area contributed by atoms with Crippen molar-refractivity contribution in [2.24, 2.45) is 0 Å². The van der Waals surface area contributed by atoms with Gasteiger partial charge in [-0.15, -0.1) is 0 Å². The number of hydrogen-bond acceptors (Lipinski definition) is 5. The van der Waals surface area contributed by atoms with E-state index in [1.54, 1.807) is 18.3 Å². The van der Waals surface area contributed by atoms with Crippen molar-refractivity contribution >= 4 is 28.3 Å². The van der Waals surface area contributed by atoms with Gasteiger partial charge in [0.15, 0.2) is 0 Å². The highest BCUT2D eigenvalue weighted by atomic mass is 35.5. The number of aromatic nitrogens is 1. The summed E-state index contributed by atoms with van der Waals surface area (Å²) in [5, 5.41) is 12.9. The first kappa shape index (κ1) is 18.2. The Morgan fingerprint density at radius 2 is 2.00 bits per heavy atom. The molecule has 6 heteroatoms. The van der Waals surface area contributed by atoms with E-state index >= 15 is 0 Å². The smallest absolute Gasteiger partial charge is 0.341 e. The van der Waals surface area contributed by atoms with E-state index in [1.165, 1.54) is 7.11 Å². The lowest BCUT2D eigenvalue weighted by molar-refractivity contribution is 0.0597. The Balaban J connectivity index is 1.96. The number of pyridine rings is 1. The maximum atomic E-state index is 12.0. The maximum absolute atomic E-state index is 12.0. The number of halogens is 1. The van der Waals surface area contributed by atoms with Crippen LogP contribution in [-0.4, -0.2) is 35.1 Å². The molecule has 0 spiro atoms. The molecule has 0 amide bonds. The number of hydrogen-bond donors (Lipinski definition) is 1. The molecule has 3 rings (SSSR count). The van der Waals surface area contributed by atoms with Crippen LogP contribution in [0.25, 0.3) is 10.8 Å².